The van der Waals surface area contributed by atoms with Gasteiger partial charge in [-0.2, -0.15) is 11.8 Å². The second kappa shape index (κ2) is 6.30. The van der Waals surface area contributed by atoms with Crippen molar-refractivity contribution >= 4 is 17.7 Å². The topological polar surface area (TPSA) is 46.5 Å². The smallest absolute Gasteiger partial charge is 0.338 e. The average Bonchev–Trinajstić information content (AvgIpc) is 2.10. The molecule has 0 aliphatic heterocycles. The highest BCUT2D eigenvalue weighted by atomic mass is 32.2. The summed E-state index contributed by atoms with van der Waals surface area (Å²) in [5.41, 5.74) is -1.35. The van der Waals surface area contributed by atoms with E-state index in [1.807, 2.05) is 0 Å². The first kappa shape index (κ1) is 13.8. The fourth-order valence-electron chi connectivity index (χ4n) is 0.869. The molecule has 0 spiro atoms. The van der Waals surface area contributed by atoms with Gasteiger partial charge in [-0.15, -0.1) is 0 Å². The highest BCUT2D eigenvalue weighted by molar-refractivity contribution is 7.99. The van der Waals surface area contributed by atoms with E-state index in [9.17, 15) is 9.90 Å². The Morgan fingerprint density at radius 2 is 2.14 bits per heavy atom. The Morgan fingerprint density at radius 3 is 2.57 bits per heavy atom. The summed E-state index contributed by atoms with van der Waals surface area (Å²) in [7, 11) is 1.29. The number of carbonyl (C=O) groups excluding carboxylic acids is 1. The lowest BCUT2D eigenvalue weighted by atomic mass is 10.1. The molecule has 0 aromatic rings. The molecule has 0 aliphatic rings. The fourth-order valence-corrected chi connectivity index (χ4v) is 2.17. The minimum atomic E-state index is -1.35. The van der Waals surface area contributed by atoms with E-state index < -0.39 is 11.6 Å². The lowest BCUT2D eigenvalue weighted by molar-refractivity contribution is -0.158. The van der Waals surface area contributed by atoms with Crippen LogP contribution in [0.2, 0.25) is 0 Å². The number of hydrogen-bond donors (Lipinski definition) is 1. The Hall–Kier alpha value is -0.220. The summed E-state index contributed by atoms with van der Waals surface area (Å²) in [4.78, 5) is 11.1. The second-order valence-electron chi connectivity index (χ2n) is 4.00. The van der Waals surface area contributed by atoms with Crippen LogP contribution in [0.3, 0.4) is 0 Å². The molecule has 84 valence electrons. The van der Waals surface area contributed by atoms with Gasteiger partial charge in [0, 0.05) is 5.75 Å². The third-order valence-electron chi connectivity index (χ3n) is 1.85. The average molecular weight is 220 g/mol. The van der Waals surface area contributed by atoms with E-state index in [4.69, 9.17) is 0 Å². The summed E-state index contributed by atoms with van der Waals surface area (Å²) in [6.07, 6.45) is 1.10. The molecule has 0 rings (SSSR count). The van der Waals surface area contributed by atoms with Gasteiger partial charge in [-0.05, 0) is 25.0 Å². The van der Waals surface area contributed by atoms with E-state index in [1.165, 1.54) is 14.0 Å². The van der Waals surface area contributed by atoms with E-state index in [1.54, 1.807) is 11.8 Å². The SMILES string of the molecule is COC(=O)C(C)(O)CSCCC(C)C. The number of carbonyl (C=O) groups is 1. The van der Waals surface area contributed by atoms with E-state index in [-0.39, 0.29) is 0 Å². The molecule has 0 aromatic heterocycles. The number of esters is 1. The van der Waals surface area contributed by atoms with Gasteiger partial charge in [-0.3, -0.25) is 0 Å². The summed E-state index contributed by atoms with van der Waals surface area (Å²) < 4.78 is 4.49. The molecule has 1 unspecified atom stereocenters. The standard InChI is InChI=1S/C10H20O3S/c1-8(2)5-6-14-7-10(3,12)9(11)13-4/h8,12H,5-7H2,1-4H3. The highest BCUT2D eigenvalue weighted by Crippen LogP contribution is 2.16. The van der Waals surface area contributed by atoms with Crippen LogP contribution in [0.1, 0.15) is 27.2 Å². The Morgan fingerprint density at radius 1 is 1.57 bits per heavy atom. The largest absolute Gasteiger partial charge is 0.467 e. The van der Waals surface area contributed by atoms with Crippen LogP contribution in [-0.2, 0) is 9.53 Å². The molecule has 1 N–H and O–H groups in total. The number of rotatable bonds is 6. The Bertz CT molecular complexity index is 178. The van der Waals surface area contributed by atoms with Crippen molar-refractivity contribution in [2.45, 2.75) is 32.8 Å². The molecule has 0 bridgehead atoms. The third kappa shape index (κ3) is 5.50. The molecule has 0 fully saturated rings. The zero-order valence-corrected chi connectivity index (χ0v) is 10.2. The molecule has 0 heterocycles. The van der Waals surface area contributed by atoms with Crippen molar-refractivity contribution < 1.29 is 14.6 Å². The molecule has 1 atom stereocenters. The van der Waals surface area contributed by atoms with Crippen LogP contribution in [0, 0.1) is 5.92 Å². The maximum Gasteiger partial charge on any atom is 0.338 e. The number of ether oxygens (including phenoxy) is 1. The van der Waals surface area contributed by atoms with Crippen molar-refractivity contribution in [1.82, 2.24) is 0 Å². The Balaban J connectivity index is 3.71. The maximum absolute atomic E-state index is 11.1. The summed E-state index contributed by atoms with van der Waals surface area (Å²) >= 11 is 1.58. The van der Waals surface area contributed by atoms with Crippen LogP contribution in [0.5, 0.6) is 0 Å². The predicted molar refractivity (Wildman–Crippen MR) is 59.4 cm³/mol. The van der Waals surface area contributed by atoms with Crippen molar-refractivity contribution in [1.29, 1.82) is 0 Å². The van der Waals surface area contributed by atoms with Crippen LogP contribution in [0.15, 0.2) is 0 Å². The summed E-state index contributed by atoms with van der Waals surface area (Å²) in [6, 6.07) is 0. The molecular formula is C10H20O3S. The van der Waals surface area contributed by atoms with Gasteiger partial charge in [0.15, 0.2) is 5.60 Å². The van der Waals surface area contributed by atoms with Crippen LogP contribution >= 0.6 is 11.8 Å². The molecule has 0 aromatic carbocycles. The molecular weight excluding hydrogens is 200 g/mol. The molecule has 4 heteroatoms. The molecule has 3 nitrogen and oxygen atoms in total. The number of aliphatic hydroxyl groups is 1. The van der Waals surface area contributed by atoms with Gasteiger partial charge in [-0.25, -0.2) is 4.79 Å². The van der Waals surface area contributed by atoms with Gasteiger partial charge in [0.25, 0.3) is 0 Å². The molecule has 0 aliphatic carbocycles. The number of methoxy groups -OCH3 is 1. The van der Waals surface area contributed by atoms with Gasteiger partial charge in [-0.1, -0.05) is 13.8 Å². The van der Waals surface area contributed by atoms with E-state index in [2.05, 4.69) is 18.6 Å². The monoisotopic (exact) mass is 220 g/mol. The summed E-state index contributed by atoms with van der Waals surface area (Å²) in [5, 5.41) is 9.65. The lowest BCUT2D eigenvalue weighted by Crippen LogP contribution is -2.38. The van der Waals surface area contributed by atoms with Crippen LogP contribution < -0.4 is 0 Å². The maximum atomic E-state index is 11.1. The number of hydrogen-bond acceptors (Lipinski definition) is 4. The first-order valence-corrected chi connectivity index (χ1v) is 5.94. The van der Waals surface area contributed by atoms with Gasteiger partial charge >= 0.3 is 5.97 Å². The Labute approximate surface area is 90.2 Å². The van der Waals surface area contributed by atoms with Crippen molar-refractivity contribution in [3.63, 3.8) is 0 Å². The first-order valence-electron chi connectivity index (χ1n) is 4.78. The minimum absolute atomic E-state index is 0.395. The van der Waals surface area contributed by atoms with Crippen LogP contribution in [0.25, 0.3) is 0 Å². The van der Waals surface area contributed by atoms with Crippen molar-refractivity contribution in [3.05, 3.63) is 0 Å². The van der Waals surface area contributed by atoms with Crippen molar-refractivity contribution in [2.24, 2.45) is 5.92 Å². The van der Waals surface area contributed by atoms with E-state index >= 15 is 0 Å². The molecule has 0 saturated carbocycles. The van der Waals surface area contributed by atoms with Crippen LogP contribution in [0.4, 0.5) is 0 Å². The first-order chi connectivity index (χ1) is 6.40. The van der Waals surface area contributed by atoms with Crippen molar-refractivity contribution in [3.8, 4) is 0 Å². The van der Waals surface area contributed by atoms with Gasteiger partial charge in [0.05, 0.1) is 7.11 Å². The van der Waals surface area contributed by atoms with Gasteiger partial charge in [0.2, 0.25) is 0 Å². The van der Waals surface area contributed by atoms with Crippen LogP contribution in [-0.4, -0.2) is 35.3 Å². The highest BCUT2D eigenvalue weighted by Gasteiger charge is 2.30. The minimum Gasteiger partial charge on any atom is -0.467 e. The zero-order chi connectivity index (χ0) is 11.2. The third-order valence-corrected chi connectivity index (χ3v) is 3.14. The van der Waals surface area contributed by atoms with E-state index in [0.29, 0.717) is 11.7 Å². The molecule has 0 radical (unpaired) electrons. The molecule has 0 amide bonds. The quantitative estimate of drug-likeness (QED) is 0.546. The van der Waals surface area contributed by atoms with Crippen molar-refractivity contribution in [2.75, 3.05) is 18.6 Å². The number of thioether (sulfide) groups is 1. The van der Waals surface area contributed by atoms with Gasteiger partial charge in [0.1, 0.15) is 0 Å². The lowest BCUT2D eigenvalue weighted by Gasteiger charge is -2.19. The Kier molecular flexibility index (Phi) is 6.20. The normalized spacial score (nSPS) is 15.3. The molecule has 0 saturated heterocycles. The molecule has 14 heavy (non-hydrogen) atoms. The summed E-state index contributed by atoms with van der Waals surface area (Å²) in [6.45, 7) is 5.79. The van der Waals surface area contributed by atoms with Gasteiger partial charge < -0.3 is 9.84 Å². The summed E-state index contributed by atoms with van der Waals surface area (Å²) in [5.74, 6) is 1.46. The van der Waals surface area contributed by atoms with E-state index in [0.717, 1.165) is 12.2 Å². The second-order valence-corrected chi connectivity index (χ2v) is 5.11. The predicted octanol–water partition coefficient (Wildman–Crippen LogP) is 1.69. The fraction of sp³-hybridized carbons (Fsp3) is 0.900. The zero-order valence-electron chi connectivity index (χ0n) is 9.37.